The summed E-state index contributed by atoms with van der Waals surface area (Å²) < 4.78 is 0. The molecule has 0 fully saturated rings. The third kappa shape index (κ3) is 3.18. The first-order chi connectivity index (χ1) is 12.2. The van der Waals surface area contributed by atoms with Gasteiger partial charge in [0.1, 0.15) is 5.84 Å². The van der Waals surface area contributed by atoms with E-state index >= 15 is 0 Å². The molecule has 0 amide bonds. The molecule has 0 saturated carbocycles. The molecule has 1 aliphatic rings. The fraction of sp³-hybridized carbons (Fsp3) is 0.136. The van der Waals surface area contributed by atoms with Crippen LogP contribution in [-0.2, 0) is 6.42 Å². The fourth-order valence-corrected chi connectivity index (χ4v) is 3.49. The van der Waals surface area contributed by atoms with E-state index in [1.807, 2.05) is 24.3 Å². The predicted molar refractivity (Wildman–Crippen MR) is 105 cm³/mol. The normalized spacial score (nSPS) is 16.8. The Balaban J connectivity index is 1.85. The highest BCUT2D eigenvalue weighted by Gasteiger charge is 2.25. The number of aliphatic imine (C=N–C) groups is 1. The second-order valence-corrected chi connectivity index (χ2v) is 6.75. The molecule has 0 radical (unpaired) electrons. The lowest BCUT2D eigenvalue weighted by atomic mass is 9.97. The molecule has 1 unspecified atom stereocenters. The molecular formula is C22H19ClN2. The third-order valence-electron chi connectivity index (χ3n) is 4.72. The van der Waals surface area contributed by atoms with Gasteiger partial charge in [0.25, 0.3) is 0 Å². The van der Waals surface area contributed by atoms with Gasteiger partial charge in [-0.1, -0.05) is 72.3 Å². The van der Waals surface area contributed by atoms with Crippen molar-refractivity contribution >= 4 is 23.1 Å². The first-order valence-corrected chi connectivity index (χ1v) is 8.80. The van der Waals surface area contributed by atoms with Crippen molar-refractivity contribution in [1.82, 2.24) is 4.90 Å². The number of nitrogens with zero attached hydrogens (tertiary/aromatic N) is 2. The van der Waals surface area contributed by atoms with Crippen LogP contribution in [0.15, 0.2) is 83.9 Å². The minimum absolute atomic E-state index is 0.208. The molecular weight excluding hydrogens is 328 g/mol. The van der Waals surface area contributed by atoms with Gasteiger partial charge in [-0.2, -0.15) is 0 Å². The zero-order valence-electron chi connectivity index (χ0n) is 14.1. The topological polar surface area (TPSA) is 15.6 Å². The number of hydrogen-bond donors (Lipinski definition) is 0. The maximum atomic E-state index is 6.09. The van der Waals surface area contributed by atoms with Gasteiger partial charge in [-0.25, -0.2) is 4.99 Å². The van der Waals surface area contributed by atoms with Crippen molar-refractivity contribution in [1.29, 1.82) is 0 Å². The van der Waals surface area contributed by atoms with Crippen LogP contribution in [0.3, 0.4) is 0 Å². The predicted octanol–water partition coefficient (Wildman–Crippen LogP) is 5.65. The molecule has 25 heavy (non-hydrogen) atoms. The van der Waals surface area contributed by atoms with Crippen molar-refractivity contribution in [3.05, 3.63) is 101 Å². The second kappa shape index (κ2) is 6.73. The van der Waals surface area contributed by atoms with Gasteiger partial charge in [-0.3, -0.25) is 0 Å². The van der Waals surface area contributed by atoms with Gasteiger partial charge in [-0.05, 0) is 35.7 Å². The van der Waals surface area contributed by atoms with Crippen LogP contribution in [0.1, 0.15) is 22.7 Å². The monoisotopic (exact) mass is 346 g/mol. The lowest BCUT2D eigenvalue weighted by molar-refractivity contribution is 0.377. The highest BCUT2D eigenvalue weighted by Crippen LogP contribution is 2.34. The summed E-state index contributed by atoms with van der Waals surface area (Å²) >= 11 is 6.09. The molecule has 0 bridgehead atoms. The van der Waals surface area contributed by atoms with Crippen LogP contribution in [0, 0.1) is 0 Å². The number of benzene rings is 3. The molecule has 0 N–H and O–H groups in total. The Morgan fingerprint density at radius 3 is 2.32 bits per heavy atom. The standard InChI is InChI=1S/C22H19ClN2/c1-25-21(16-11-13-19(23)14-12-16)15-18-9-5-6-10-20(18)24-22(25)17-7-3-2-4-8-17/h2-14,21H,15H2,1H3. The van der Waals surface area contributed by atoms with Crippen LogP contribution in [-0.4, -0.2) is 17.8 Å². The SMILES string of the molecule is CN1C(c2ccccc2)=Nc2ccccc2CC1c1ccc(Cl)cc1. The summed E-state index contributed by atoms with van der Waals surface area (Å²) in [7, 11) is 2.12. The minimum atomic E-state index is 0.208. The molecule has 0 saturated heterocycles. The zero-order valence-corrected chi connectivity index (χ0v) is 14.8. The Morgan fingerprint density at radius 1 is 0.880 bits per heavy atom. The molecule has 1 heterocycles. The lowest BCUT2D eigenvalue weighted by Gasteiger charge is -2.30. The Hall–Kier alpha value is -2.58. The van der Waals surface area contributed by atoms with Gasteiger partial charge in [0.15, 0.2) is 0 Å². The Morgan fingerprint density at radius 2 is 1.56 bits per heavy atom. The van der Waals surface area contributed by atoms with Crippen molar-refractivity contribution in [2.24, 2.45) is 4.99 Å². The number of fused-ring (bicyclic) bond motifs is 1. The third-order valence-corrected chi connectivity index (χ3v) is 4.97. The summed E-state index contributed by atoms with van der Waals surface area (Å²) in [4.78, 5) is 7.28. The van der Waals surface area contributed by atoms with E-state index in [9.17, 15) is 0 Å². The van der Waals surface area contributed by atoms with Crippen LogP contribution in [0.4, 0.5) is 5.69 Å². The van der Waals surface area contributed by atoms with Crippen LogP contribution >= 0.6 is 11.6 Å². The number of amidine groups is 1. The number of halogens is 1. The second-order valence-electron chi connectivity index (χ2n) is 6.31. The Bertz CT molecular complexity index is 901. The van der Waals surface area contributed by atoms with Crippen LogP contribution in [0.2, 0.25) is 5.02 Å². The fourth-order valence-electron chi connectivity index (χ4n) is 3.36. The van der Waals surface area contributed by atoms with E-state index < -0.39 is 0 Å². The number of para-hydroxylation sites is 1. The largest absolute Gasteiger partial charge is 0.352 e. The average molecular weight is 347 g/mol. The molecule has 0 spiro atoms. The summed E-state index contributed by atoms with van der Waals surface area (Å²) in [5, 5.41) is 0.761. The molecule has 124 valence electrons. The number of likely N-dealkylation sites (N-methyl/N-ethyl adjacent to an activating group) is 1. The maximum Gasteiger partial charge on any atom is 0.136 e. The zero-order chi connectivity index (χ0) is 17.2. The molecule has 2 nitrogen and oxygen atoms in total. The quantitative estimate of drug-likeness (QED) is 0.585. The van der Waals surface area contributed by atoms with Crippen molar-refractivity contribution in [3.63, 3.8) is 0 Å². The van der Waals surface area contributed by atoms with Crippen molar-refractivity contribution in [3.8, 4) is 0 Å². The Kier molecular flexibility index (Phi) is 4.29. The van der Waals surface area contributed by atoms with E-state index in [2.05, 4.69) is 66.5 Å². The number of rotatable bonds is 2. The smallest absolute Gasteiger partial charge is 0.136 e. The molecule has 3 aromatic rings. The summed E-state index contributed by atoms with van der Waals surface area (Å²) in [6.45, 7) is 0. The van der Waals surface area contributed by atoms with Gasteiger partial charge in [-0.15, -0.1) is 0 Å². The van der Waals surface area contributed by atoms with E-state index in [1.165, 1.54) is 11.1 Å². The van der Waals surface area contributed by atoms with E-state index in [0.717, 1.165) is 28.5 Å². The number of hydrogen-bond acceptors (Lipinski definition) is 2. The van der Waals surface area contributed by atoms with Crippen molar-refractivity contribution in [2.45, 2.75) is 12.5 Å². The highest BCUT2D eigenvalue weighted by atomic mass is 35.5. The van der Waals surface area contributed by atoms with Gasteiger partial charge < -0.3 is 4.90 Å². The molecule has 1 atom stereocenters. The first-order valence-electron chi connectivity index (χ1n) is 8.43. The van der Waals surface area contributed by atoms with E-state index in [1.54, 1.807) is 0 Å². The maximum absolute atomic E-state index is 6.09. The van der Waals surface area contributed by atoms with Crippen LogP contribution < -0.4 is 0 Å². The van der Waals surface area contributed by atoms with Gasteiger partial charge in [0.05, 0.1) is 11.7 Å². The lowest BCUT2D eigenvalue weighted by Crippen LogP contribution is -2.32. The molecule has 0 aliphatic carbocycles. The molecule has 1 aliphatic heterocycles. The summed E-state index contributed by atoms with van der Waals surface area (Å²) in [5.74, 6) is 0.991. The highest BCUT2D eigenvalue weighted by molar-refractivity contribution is 6.30. The van der Waals surface area contributed by atoms with Gasteiger partial charge in [0.2, 0.25) is 0 Å². The van der Waals surface area contributed by atoms with Crippen molar-refractivity contribution in [2.75, 3.05) is 7.05 Å². The van der Waals surface area contributed by atoms with E-state index in [-0.39, 0.29) is 6.04 Å². The van der Waals surface area contributed by atoms with Gasteiger partial charge >= 0.3 is 0 Å². The molecule has 3 aromatic carbocycles. The van der Waals surface area contributed by atoms with Crippen LogP contribution in [0.25, 0.3) is 0 Å². The van der Waals surface area contributed by atoms with Crippen LogP contribution in [0.5, 0.6) is 0 Å². The van der Waals surface area contributed by atoms with Gasteiger partial charge in [0, 0.05) is 17.6 Å². The first kappa shape index (κ1) is 15.9. The summed E-state index contributed by atoms with van der Waals surface area (Å²) in [6.07, 6.45) is 0.911. The summed E-state index contributed by atoms with van der Waals surface area (Å²) in [6, 6.07) is 27.1. The van der Waals surface area contributed by atoms with E-state index in [0.29, 0.717) is 0 Å². The minimum Gasteiger partial charge on any atom is -0.352 e. The summed E-state index contributed by atoms with van der Waals surface area (Å²) in [5.41, 5.74) is 4.68. The molecule has 4 rings (SSSR count). The van der Waals surface area contributed by atoms with E-state index in [4.69, 9.17) is 16.6 Å². The molecule has 3 heteroatoms. The average Bonchev–Trinajstić information content (AvgIpc) is 2.80. The Labute approximate surface area is 153 Å². The molecule has 0 aromatic heterocycles. The van der Waals surface area contributed by atoms with Crippen molar-refractivity contribution < 1.29 is 0 Å².